The predicted molar refractivity (Wildman–Crippen MR) is 56.5 cm³/mol. The van der Waals surface area contributed by atoms with Crippen LogP contribution in [0.5, 0.6) is 0 Å². The Balaban J connectivity index is 4.28. The first-order valence-electron chi connectivity index (χ1n) is 4.92. The molecule has 1 unspecified atom stereocenters. The van der Waals surface area contributed by atoms with Gasteiger partial charge in [0, 0.05) is 13.6 Å². The lowest BCUT2D eigenvalue weighted by molar-refractivity contribution is -0.133. The summed E-state index contributed by atoms with van der Waals surface area (Å²) in [6, 6.07) is 0. The molecule has 0 aromatic heterocycles. The highest BCUT2D eigenvalue weighted by molar-refractivity contribution is 5.80. The number of nitrogens with zero attached hydrogens (tertiary/aromatic N) is 1. The number of hydrogen-bond acceptors (Lipinski definition) is 1. The van der Waals surface area contributed by atoms with E-state index in [4.69, 9.17) is 0 Å². The molecule has 0 aromatic rings. The Morgan fingerprint density at radius 1 is 1.54 bits per heavy atom. The Bertz CT molecular complexity index is 175. The average Bonchev–Trinajstić information content (AvgIpc) is 2.05. The van der Waals surface area contributed by atoms with Crippen molar-refractivity contribution in [1.29, 1.82) is 0 Å². The summed E-state index contributed by atoms with van der Waals surface area (Å²) in [6.07, 6.45) is 2.75. The van der Waals surface area contributed by atoms with Crippen molar-refractivity contribution in [2.45, 2.75) is 27.2 Å². The zero-order valence-electron chi connectivity index (χ0n) is 9.21. The highest BCUT2D eigenvalue weighted by atomic mass is 16.2. The maximum atomic E-state index is 11.8. The van der Waals surface area contributed by atoms with Crippen LogP contribution < -0.4 is 0 Å². The van der Waals surface area contributed by atoms with Crippen LogP contribution in [0.2, 0.25) is 0 Å². The third-order valence-corrected chi connectivity index (χ3v) is 2.19. The molecule has 0 bridgehead atoms. The van der Waals surface area contributed by atoms with Gasteiger partial charge in [-0.05, 0) is 12.3 Å². The molecule has 76 valence electrons. The quantitative estimate of drug-likeness (QED) is 0.599. The van der Waals surface area contributed by atoms with Crippen molar-refractivity contribution in [3.8, 4) is 0 Å². The molecule has 0 fully saturated rings. The number of amides is 1. The number of carbonyl (C=O) groups excluding carboxylic acids is 1. The van der Waals surface area contributed by atoms with Gasteiger partial charge >= 0.3 is 0 Å². The van der Waals surface area contributed by atoms with E-state index in [9.17, 15) is 4.79 Å². The van der Waals surface area contributed by atoms with Gasteiger partial charge in [-0.25, -0.2) is 0 Å². The van der Waals surface area contributed by atoms with Crippen LogP contribution in [0.3, 0.4) is 0 Å². The molecule has 0 N–H and O–H groups in total. The van der Waals surface area contributed by atoms with E-state index in [2.05, 4.69) is 13.5 Å². The van der Waals surface area contributed by atoms with E-state index in [1.807, 2.05) is 20.9 Å². The van der Waals surface area contributed by atoms with Crippen LogP contribution in [-0.2, 0) is 4.79 Å². The van der Waals surface area contributed by atoms with Gasteiger partial charge in [-0.15, -0.1) is 6.58 Å². The fourth-order valence-electron chi connectivity index (χ4n) is 1.36. The first-order chi connectivity index (χ1) is 6.04. The van der Waals surface area contributed by atoms with E-state index < -0.39 is 0 Å². The molecule has 0 saturated carbocycles. The van der Waals surface area contributed by atoms with Gasteiger partial charge in [-0.2, -0.15) is 0 Å². The molecule has 0 aliphatic carbocycles. The summed E-state index contributed by atoms with van der Waals surface area (Å²) in [4.78, 5) is 13.5. The minimum absolute atomic E-state index is 0.0310. The number of rotatable bonds is 5. The standard InChI is InChI=1S/C11H21NO/c1-6-8-12(5)11(13)10(7-2)9(3)4/h7,9-10H,2,6,8H2,1,3-5H3. The fraction of sp³-hybridized carbons (Fsp3) is 0.727. The molecule has 13 heavy (non-hydrogen) atoms. The van der Waals surface area contributed by atoms with Crippen LogP contribution in [0.1, 0.15) is 27.2 Å². The first kappa shape index (κ1) is 12.2. The lowest BCUT2D eigenvalue weighted by atomic mass is 9.94. The minimum atomic E-state index is -0.0310. The molecule has 0 rings (SSSR count). The summed E-state index contributed by atoms with van der Waals surface area (Å²) in [5, 5.41) is 0. The van der Waals surface area contributed by atoms with Crippen molar-refractivity contribution in [2.24, 2.45) is 11.8 Å². The second-order valence-electron chi connectivity index (χ2n) is 3.77. The van der Waals surface area contributed by atoms with Gasteiger partial charge < -0.3 is 4.90 Å². The van der Waals surface area contributed by atoms with Crippen LogP contribution in [0.4, 0.5) is 0 Å². The molecule has 0 aliphatic rings. The smallest absolute Gasteiger partial charge is 0.229 e. The topological polar surface area (TPSA) is 20.3 Å². The molecule has 0 aromatic carbocycles. The molecule has 0 saturated heterocycles. The van der Waals surface area contributed by atoms with Crippen molar-refractivity contribution in [3.63, 3.8) is 0 Å². The Morgan fingerprint density at radius 2 is 2.08 bits per heavy atom. The molecule has 0 aliphatic heterocycles. The Hall–Kier alpha value is -0.790. The highest BCUT2D eigenvalue weighted by Gasteiger charge is 2.21. The van der Waals surface area contributed by atoms with Crippen molar-refractivity contribution in [3.05, 3.63) is 12.7 Å². The summed E-state index contributed by atoms with van der Waals surface area (Å²) in [7, 11) is 1.85. The van der Waals surface area contributed by atoms with Crippen molar-refractivity contribution >= 4 is 5.91 Å². The zero-order valence-corrected chi connectivity index (χ0v) is 9.21. The van der Waals surface area contributed by atoms with Crippen LogP contribution in [-0.4, -0.2) is 24.4 Å². The van der Waals surface area contributed by atoms with Crippen molar-refractivity contribution < 1.29 is 4.79 Å². The van der Waals surface area contributed by atoms with Crippen LogP contribution in [0.15, 0.2) is 12.7 Å². The lowest BCUT2D eigenvalue weighted by Gasteiger charge is -2.23. The summed E-state index contributed by atoms with van der Waals surface area (Å²) in [5.41, 5.74) is 0. The molecule has 0 radical (unpaired) electrons. The van der Waals surface area contributed by atoms with E-state index in [1.165, 1.54) is 0 Å². The number of hydrogen-bond donors (Lipinski definition) is 0. The van der Waals surface area contributed by atoms with E-state index in [0.717, 1.165) is 13.0 Å². The second kappa shape index (κ2) is 5.79. The van der Waals surface area contributed by atoms with Crippen molar-refractivity contribution in [1.82, 2.24) is 4.90 Å². The van der Waals surface area contributed by atoms with Crippen LogP contribution in [0, 0.1) is 11.8 Å². The fourth-order valence-corrected chi connectivity index (χ4v) is 1.36. The summed E-state index contributed by atoms with van der Waals surface area (Å²) < 4.78 is 0. The normalized spacial score (nSPS) is 12.7. The zero-order chi connectivity index (χ0) is 10.4. The molecule has 0 heterocycles. The summed E-state index contributed by atoms with van der Waals surface area (Å²) in [5.74, 6) is 0.493. The second-order valence-corrected chi connectivity index (χ2v) is 3.77. The first-order valence-corrected chi connectivity index (χ1v) is 4.92. The van der Waals surface area contributed by atoms with Gasteiger partial charge in [0.1, 0.15) is 0 Å². The van der Waals surface area contributed by atoms with Gasteiger partial charge in [0.15, 0.2) is 0 Å². The van der Waals surface area contributed by atoms with Gasteiger partial charge in [0.05, 0.1) is 5.92 Å². The molecule has 2 heteroatoms. The van der Waals surface area contributed by atoms with Gasteiger partial charge in [-0.3, -0.25) is 4.79 Å². The van der Waals surface area contributed by atoms with Gasteiger partial charge in [0.25, 0.3) is 0 Å². The Morgan fingerprint density at radius 3 is 2.38 bits per heavy atom. The van der Waals surface area contributed by atoms with Gasteiger partial charge in [0.2, 0.25) is 5.91 Å². The summed E-state index contributed by atoms with van der Waals surface area (Å²) >= 11 is 0. The van der Waals surface area contributed by atoms with E-state index in [1.54, 1.807) is 11.0 Å². The van der Waals surface area contributed by atoms with E-state index in [0.29, 0.717) is 5.92 Å². The van der Waals surface area contributed by atoms with E-state index >= 15 is 0 Å². The third-order valence-electron chi connectivity index (χ3n) is 2.19. The largest absolute Gasteiger partial charge is 0.345 e. The SMILES string of the molecule is C=CC(C(=O)N(C)CCC)C(C)C. The van der Waals surface area contributed by atoms with E-state index in [-0.39, 0.29) is 11.8 Å². The monoisotopic (exact) mass is 183 g/mol. The molecule has 1 atom stereocenters. The van der Waals surface area contributed by atoms with Crippen LogP contribution >= 0.6 is 0 Å². The summed E-state index contributed by atoms with van der Waals surface area (Å²) in [6.45, 7) is 10.7. The van der Waals surface area contributed by atoms with Crippen LogP contribution in [0.25, 0.3) is 0 Å². The number of carbonyl (C=O) groups is 1. The third kappa shape index (κ3) is 3.62. The predicted octanol–water partition coefficient (Wildman–Crippen LogP) is 2.31. The lowest BCUT2D eigenvalue weighted by Crippen LogP contribution is -2.34. The molecular formula is C11H21NO. The van der Waals surface area contributed by atoms with Crippen molar-refractivity contribution in [2.75, 3.05) is 13.6 Å². The molecule has 0 spiro atoms. The Labute approximate surface area is 81.6 Å². The molecule has 2 nitrogen and oxygen atoms in total. The molecule has 1 amide bonds. The highest BCUT2D eigenvalue weighted by Crippen LogP contribution is 2.14. The maximum Gasteiger partial charge on any atom is 0.229 e. The average molecular weight is 183 g/mol. The maximum absolute atomic E-state index is 11.8. The minimum Gasteiger partial charge on any atom is -0.345 e. The molecular weight excluding hydrogens is 162 g/mol. The van der Waals surface area contributed by atoms with Gasteiger partial charge in [-0.1, -0.05) is 26.8 Å². The Kier molecular flexibility index (Phi) is 5.44.